The predicted octanol–water partition coefficient (Wildman–Crippen LogP) is -10.00. The van der Waals surface area contributed by atoms with Gasteiger partial charge < -0.3 is 100 Å². The van der Waals surface area contributed by atoms with Gasteiger partial charge in [-0.2, -0.15) is 8.42 Å². The maximum Gasteiger partial charge on any atom is 0.397 e. The van der Waals surface area contributed by atoms with Gasteiger partial charge in [-0.1, -0.05) is 0 Å². The van der Waals surface area contributed by atoms with Crippen molar-refractivity contribution in [3.63, 3.8) is 0 Å². The lowest BCUT2D eigenvalue weighted by Crippen LogP contribution is -2.70. The van der Waals surface area contributed by atoms with Gasteiger partial charge in [-0.05, 0) is 0 Å². The second-order valence-electron chi connectivity index (χ2n) is 12.9. The van der Waals surface area contributed by atoms with E-state index in [-0.39, 0.29) is 0 Å². The molecule has 27 heteroatoms. The summed E-state index contributed by atoms with van der Waals surface area (Å²) >= 11 is 0. The third kappa shape index (κ3) is 11.8. The number of ether oxygens (including phenoxy) is 6. The van der Waals surface area contributed by atoms with Crippen molar-refractivity contribution in [2.45, 2.75) is 130 Å². The molecule has 0 saturated carbocycles. The van der Waals surface area contributed by atoms with E-state index in [1.807, 2.05) is 0 Å². The number of carbonyl (C=O) groups excluding carboxylic acids is 2. The minimum absolute atomic E-state index is 0.735. The molecule has 0 bridgehead atoms. The number of aliphatic hydroxyl groups excluding tert-OH is 12. The van der Waals surface area contributed by atoms with Crippen LogP contribution in [0, 0.1) is 0 Å². The molecule has 15 N–H and O–H groups in total. The van der Waals surface area contributed by atoms with Crippen LogP contribution >= 0.6 is 0 Å². The van der Waals surface area contributed by atoms with Crippen LogP contribution in [0.25, 0.3) is 0 Å². The maximum absolute atomic E-state index is 12.4. The predicted molar refractivity (Wildman–Crippen MR) is 170 cm³/mol. The summed E-state index contributed by atoms with van der Waals surface area (Å²) in [5, 5.41) is 129. The molecule has 3 heterocycles. The fourth-order valence-corrected chi connectivity index (χ4v) is 6.69. The normalized spacial score (nSPS) is 39.4. The molecule has 0 aliphatic carbocycles. The minimum atomic E-state index is -5.34. The van der Waals surface area contributed by atoms with Gasteiger partial charge in [0.25, 0.3) is 0 Å². The second-order valence-corrected chi connectivity index (χ2v) is 13.9. The van der Waals surface area contributed by atoms with Crippen LogP contribution in [-0.4, -0.2) is 236 Å². The van der Waals surface area contributed by atoms with Gasteiger partial charge in [0.15, 0.2) is 18.9 Å². The van der Waals surface area contributed by atoms with Crippen LogP contribution in [0.2, 0.25) is 0 Å². The van der Waals surface area contributed by atoms with E-state index >= 15 is 0 Å². The molecule has 3 rings (SSSR count). The van der Waals surface area contributed by atoms with Gasteiger partial charge in [-0.25, -0.2) is 4.18 Å². The summed E-state index contributed by atoms with van der Waals surface area (Å²) in [4.78, 5) is 24.1. The molecule has 19 atom stereocenters. The van der Waals surface area contributed by atoms with Gasteiger partial charge in [0, 0.05) is 13.8 Å². The number of hydrogen-bond donors (Lipinski definition) is 15. The summed E-state index contributed by atoms with van der Waals surface area (Å²) < 4.78 is 70.1. The van der Waals surface area contributed by atoms with E-state index in [0.717, 1.165) is 13.8 Å². The Morgan fingerprint density at radius 2 is 1.20 bits per heavy atom. The first-order valence-electron chi connectivity index (χ1n) is 16.7. The molecule has 0 radical (unpaired) electrons. The number of hydrogen-bond acceptors (Lipinski definition) is 23. The molecule has 0 aromatic carbocycles. The molecular formula is C28H50N2O24S. The van der Waals surface area contributed by atoms with Gasteiger partial charge >= 0.3 is 10.4 Å². The van der Waals surface area contributed by atoms with Crippen molar-refractivity contribution in [3.8, 4) is 0 Å². The van der Waals surface area contributed by atoms with Crippen LogP contribution in [0.4, 0.5) is 0 Å². The summed E-state index contributed by atoms with van der Waals surface area (Å²) in [5.74, 6) is -1.59. The Bertz CT molecular complexity index is 1330. The zero-order valence-electron chi connectivity index (χ0n) is 29.2. The van der Waals surface area contributed by atoms with E-state index in [1.54, 1.807) is 0 Å². The molecule has 3 aliphatic heterocycles. The van der Waals surface area contributed by atoms with Crippen molar-refractivity contribution in [3.05, 3.63) is 0 Å². The lowest BCUT2D eigenvalue weighted by Gasteiger charge is -2.50. The maximum atomic E-state index is 12.4. The number of carbonyl (C=O) groups is 2. The zero-order chi connectivity index (χ0) is 41.5. The van der Waals surface area contributed by atoms with Crippen molar-refractivity contribution in [2.75, 3.05) is 33.0 Å². The average Bonchev–Trinajstić information content (AvgIpc) is 3.12. The summed E-state index contributed by atoms with van der Waals surface area (Å²) in [6.07, 6.45) is -33.6. The highest BCUT2D eigenvalue weighted by Crippen LogP contribution is 2.34. The first kappa shape index (κ1) is 47.5. The lowest BCUT2D eigenvalue weighted by atomic mass is 9.94. The van der Waals surface area contributed by atoms with Crippen LogP contribution in [-0.2, 0) is 52.6 Å². The van der Waals surface area contributed by atoms with Crippen LogP contribution in [0.15, 0.2) is 0 Å². The highest BCUT2D eigenvalue weighted by atomic mass is 32.3. The molecule has 0 aromatic rings. The summed E-state index contributed by atoms with van der Waals surface area (Å²) in [5.41, 5.74) is 0. The van der Waals surface area contributed by atoms with Gasteiger partial charge in [-0.15, -0.1) is 0 Å². The number of rotatable bonds is 18. The molecule has 3 aliphatic rings. The smallest absolute Gasteiger partial charge is 0.394 e. The minimum Gasteiger partial charge on any atom is -0.394 e. The Labute approximate surface area is 312 Å². The van der Waals surface area contributed by atoms with Crippen molar-refractivity contribution in [2.24, 2.45) is 0 Å². The van der Waals surface area contributed by atoms with E-state index in [9.17, 15) is 83.8 Å². The monoisotopic (exact) mass is 830 g/mol. The SMILES string of the molecule is CC(=O)N[C@H]1[C@@H](O[C@@H]2[C@H](O)[C@@H](O)[C@H](O[C@@H]([C@@H](O)[C@H](O)CO)[C@H](CO)NC(C)=O)O[C@@H]2CO)O[C@H](CO)[C@H](O)[C@@H]1O[C@@H]1O[C@H](CO)[C@H](O)[C@H](OS(=O)(=O)O)[C@H]1O. The van der Waals surface area contributed by atoms with Crippen molar-refractivity contribution in [1.82, 2.24) is 10.6 Å². The molecular weight excluding hydrogens is 780 g/mol. The molecule has 26 nitrogen and oxygen atoms in total. The third-order valence-electron chi connectivity index (χ3n) is 8.87. The largest absolute Gasteiger partial charge is 0.397 e. The fourth-order valence-electron chi connectivity index (χ4n) is 6.18. The van der Waals surface area contributed by atoms with E-state index in [2.05, 4.69) is 14.8 Å². The molecule has 322 valence electrons. The lowest BCUT2D eigenvalue weighted by molar-refractivity contribution is -0.369. The van der Waals surface area contributed by atoms with E-state index < -0.39 is 172 Å². The molecule has 0 unspecified atom stereocenters. The summed E-state index contributed by atoms with van der Waals surface area (Å²) in [7, 11) is -5.34. The Kier molecular flexibility index (Phi) is 17.8. The van der Waals surface area contributed by atoms with E-state index in [0.29, 0.717) is 0 Å². The van der Waals surface area contributed by atoms with Crippen LogP contribution in [0.5, 0.6) is 0 Å². The first-order valence-corrected chi connectivity index (χ1v) is 18.0. The molecule has 2 amide bonds. The van der Waals surface area contributed by atoms with E-state index in [1.165, 1.54) is 0 Å². The van der Waals surface area contributed by atoms with Crippen molar-refractivity contribution in [1.29, 1.82) is 0 Å². The Morgan fingerprint density at radius 1 is 0.673 bits per heavy atom. The molecule has 0 spiro atoms. The number of nitrogens with one attached hydrogen (secondary N) is 2. The Morgan fingerprint density at radius 3 is 1.69 bits per heavy atom. The third-order valence-corrected chi connectivity index (χ3v) is 9.34. The average molecular weight is 831 g/mol. The first-order chi connectivity index (χ1) is 25.7. The summed E-state index contributed by atoms with van der Waals surface area (Å²) in [6.45, 7) is -2.96. The van der Waals surface area contributed by atoms with Crippen molar-refractivity contribution < 1.29 is 116 Å². The standard InChI is InChI=1S/C28H50N2O24S/c1-8(36)29-10(3-31)22(16(39)11(38)4-32)51-27-20(43)19(42)23(14(7-35)50-27)52-26-15(30-9(2)37)24(17(40)12(5-33)48-26)53-28-21(44)25(54-55(45,46)47)18(41)13(6-34)49-28/h10-28,31-35,38-44H,3-7H2,1-2H3,(H,29,36)(H,30,37)(H,45,46,47)/t10-,11+,12+,13+,14+,15+,16-,17-,18-,19+,20+,21+,22+,23-,24+,25-,26+,27-,28-/m0/s1. The van der Waals surface area contributed by atoms with Gasteiger partial charge in [0.2, 0.25) is 11.8 Å². The van der Waals surface area contributed by atoms with Crippen LogP contribution in [0.3, 0.4) is 0 Å². The Balaban J connectivity index is 1.94. The van der Waals surface area contributed by atoms with Crippen LogP contribution < -0.4 is 10.6 Å². The molecule has 0 aromatic heterocycles. The topological polar surface area (TPSA) is 420 Å². The van der Waals surface area contributed by atoms with Crippen LogP contribution in [0.1, 0.15) is 13.8 Å². The number of amides is 2. The van der Waals surface area contributed by atoms with Crippen molar-refractivity contribution >= 4 is 22.2 Å². The Hall–Kier alpha value is -1.91. The summed E-state index contributed by atoms with van der Waals surface area (Å²) in [6, 6.07) is -3.24. The molecule has 3 fully saturated rings. The quantitative estimate of drug-likeness (QED) is 0.0570. The van der Waals surface area contributed by atoms with Gasteiger partial charge in [0.1, 0.15) is 91.5 Å². The molecule has 55 heavy (non-hydrogen) atoms. The van der Waals surface area contributed by atoms with Gasteiger partial charge in [-0.3, -0.25) is 14.1 Å². The zero-order valence-corrected chi connectivity index (χ0v) is 30.0. The fraction of sp³-hybridized carbons (Fsp3) is 0.929. The molecule has 3 saturated heterocycles. The highest BCUT2D eigenvalue weighted by Gasteiger charge is 2.55. The number of aliphatic hydroxyl groups is 12. The van der Waals surface area contributed by atoms with E-state index in [4.69, 9.17) is 28.4 Å². The van der Waals surface area contributed by atoms with Gasteiger partial charge in [0.05, 0.1) is 39.1 Å². The highest BCUT2D eigenvalue weighted by molar-refractivity contribution is 7.80. The second kappa shape index (κ2) is 20.7.